The number of allylic oxidation sites excluding steroid dienone is 21. The van der Waals surface area contributed by atoms with Crippen molar-refractivity contribution in [3.05, 3.63) is 128 Å². The predicted molar refractivity (Wildman–Crippen MR) is 376 cm³/mol. The molecule has 0 aliphatic carbocycles. The highest BCUT2D eigenvalue weighted by Crippen LogP contribution is 2.61. The fourth-order valence-electron chi connectivity index (χ4n) is 11.2. The van der Waals surface area contributed by atoms with Crippen LogP contribution in [0, 0.1) is 0 Å². The highest BCUT2D eigenvalue weighted by molar-refractivity contribution is 7.61. The van der Waals surface area contributed by atoms with Crippen LogP contribution in [0.25, 0.3) is 0 Å². The molecule has 22 nitrogen and oxygen atoms in total. The van der Waals surface area contributed by atoms with Crippen LogP contribution in [0.3, 0.4) is 0 Å². The van der Waals surface area contributed by atoms with Gasteiger partial charge in [-0.05, 0) is 212 Å². The molecule has 2 unspecified atom stereocenters. The van der Waals surface area contributed by atoms with Crippen molar-refractivity contribution in [1.82, 2.24) is 0 Å². The Labute approximate surface area is 578 Å². The Bertz CT molecular complexity index is 2790. The van der Waals surface area contributed by atoms with E-state index in [0.29, 0.717) is 12.8 Å². The Morgan fingerprint density at radius 1 is 0.330 bits per heavy atom. The molecule has 0 aromatic carbocycles. The lowest BCUT2D eigenvalue weighted by Crippen LogP contribution is -2.67. The Balaban J connectivity index is 1.34. The summed E-state index contributed by atoms with van der Waals surface area (Å²) >= 11 is 0. The predicted octanol–water partition coefficient (Wildman–Crippen LogP) is 11.9. The summed E-state index contributed by atoms with van der Waals surface area (Å²) in [5.41, 5.74) is 15.0. The Hall–Kier alpha value is -3.20. The number of rotatable bonds is 44. The van der Waals surface area contributed by atoms with Crippen LogP contribution in [0.15, 0.2) is 128 Å². The summed E-state index contributed by atoms with van der Waals surface area (Å²) in [7, 11) is -11.1. The summed E-state index contributed by atoms with van der Waals surface area (Å²) in [6, 6.07) is 0. The van der Waals surface area contributed by atoms with Gasteiger partial charge in [0.1, 0.15) is 73.2 Å². The van der Waals surface area contributed by atoms with E-state index in [1.165, 1.54) is 61.8 Å². The normalized spacial score (nSPS) is 29.4. The SMILES string of the molecule is CC(C)=CCC/C(C)=C/CC/C(C)=C/CC/C(C)=C\CC/C(C)=C\CC/C(C)=C\CC/C(C)=C\CC/C(C)=C\CC/C(C)=C\CC/C(C)=C\CC/C(C)=C\COP(=O)(O)OP(=O)(O)O[C@H]1O[C@H](CO)[C@@H](O)[C@H](O[C@H]2O[C@H](CO)[C@@H](O)[C@H](O)[C@@H]2O[C@H]2O[C@H](CO)[C@@H](O)[C@H](O)[C@@H]2O)[C@H]1O. The average molecular weight is 1410 g/mol. The van der Waals surface area contributed by atoms with Gasteiger partial charge in [0.15, 0.2) is 18.9 Å². The molecule has 24 heteroatoms. The van der Waals surface area contributed by atoms with Gasteiger partial charge >= 0.3 is 15.6 Å². The van der Waals surface area contributed by atoms with E-state index in [-0.39, 0.29) is 0 Å². The minimum absolute atomic E-state index is 0.523. The van der Waals surface area contributed by atoms with E-state index in [1.807, 2.05) is 0 Å². The first-order chi connectivity index (χ1) is 45.8. The van der Waals surface area contributed by atoms with Gasteiger partial charge in [-0.15, -0.1) is 0 Å². The number of hydrogen-bond donors (Lipinski definition) is 12. The van der Waals surface area contributed by atoms with Crippen molar-refractivity contribution in [3.63, 3.8) is 0 Å². The van der Waals surface area contributed by atoms with Gasteiger partial charge < -0.3 is 84.5 Å². The molecule has 17 atom stereocenters. The standard InChI is InChI=1S/C73H122O22P2/c1-48(2)23-13-24-49(3)25-14-26-50(4)27-15-28-51(5)29-16-30-52(6)31-17-32-53(7)33-18-34-54(8)35-19-36-55(9)37-20-38-56(10)39-21-40-57(11)41-22-42-58(12)43-44-88-96(84,85)95-97(86,87)94-72-68(83)69(64(79)61(47-76)90-72)92-73-70(66(81)63(78)60(46-75)91-73)93-71-67(82)65(80)62(77)59(45-74)89-71/h23,25,27,29,31,33,35,37,39,41,43,59-83H,13-22,24,26,28,30,32,34,36,38,40,42,44-47H2,1-12H3,(H,84,85)(H,86,87)/b49-25+,50-27+,51-29-,52-31-,53-33-,54-35-,55-37-,56-39-,57-41-,58-43-/t59-,60-,61-,62-,63-,64-,65+,66+,67+,68-,69+,70+,71-,72-,73-/m1/s1. The van der Waals surface area contributed by atoms with Gasteiger partial charge in [0.05, 0.1) is 26.4 Å². The van der Waals surface area contributed by atoms with E-state index in [4.69, 9.17) is 32.7 Å². The minimum atomic E-state index is -5.74. The van der Waals surface area contributed by atoms with Crippen molar-refractivity contribution in [2.24, 2.45) is 0 Å². The fraction of sp³-hybridized carbons (Fsp3) is 0.699. The Morgan fingerprint density at radius 2 is 0.619 bits per heavy atom. The van der Waals surface area contributed by atoms with Crippen molar-refractivity contribution in [3.8, 4) is 0 Å². The van der Waals surface area contributed by atoms with Crippen molar-refractivity contribution in [2.75, 3.05) is 26.4 Å². The molecular formula is C73H122O22P2. The first kappa shape index (κ1) is 88.0. The second-order valence-electron chi connectivity index (χ2n) is 26.9. The summed E-state index contributed by atoms with van der Waals surface area (Å²) in [6.07, 6.45) is 16.1. The largest absolute Gasteiger partial charge is 0.483 e. The maximum atomic E-state index is 13.1. The third-order valence-corrected chi connectivity index (χ3v) is 20.2. The van der Waals surface area contributed by atoms with E-state index in [9.17, 15) is 70.0 Å². The van der Waals surface area contributed by atoms with Crippen molar-refractivity contribution < 1.29 is 107 Å². The van der Waals surface area contributed by atoms with E-state index >= 15 is 0 Å². The summed E-state index contributed by atoms with van der Waals surface area (Å²) < 4.78 is 67.7. The monoisotopic (exact) mass is 1410 g/mol. The highest BCUT2D eigenvalue weighted by atomic mass is 31.3. The molecule has 0 spiro atoms. The minimum Gasteiger partial charge on any atom is -0.394 e. The lowest BCUT2D eigenvalue weighted by atomic mass is 9.96. The van der Waals surface area contributed by atoms with Gasteiger partial charge in [-0.3, -0.25) is 9.05 Å². The van der Waals surface area contributed by atoms with Crippen LogP contribution in [-0.2, 0) is 46.2 Å². The topological polar surface area (TPSA) is 351 Å². The van der Waals surface area contributed by atoms with E-state index in [0.717, 1.165) is 121 Å². The van der Waals surface area contributed by atoms with E-state index in [2.05, 4.69) is 141 Å². The second-order valence-corrected chi connectivity index (χ2v) is 29.9. The Morgan fingerprint density at radius 3 is 0.959 bits per heavy atom. The van der Waals surface area contributed by atoms with Crippen molar-refractivity contribution in [2.45, 2.75) is 304 Å². The average Bonchev–Trinajstić information content (AvgIpc) is 0.781. The van der Waals surface area contributed by atoms with Gasteiger partial charge in [0.2, 0.25) is 0 Å². The van der Waals surface area contributed by atoms with Gasteiger partial charge in [-0.25, -0.2) is 9.13 Å². The van der Waals surface area contributed by atoms with Crippen LogP contribution in [-0.4, -0.2) is 179 Å². The van der Waals surface area contributed by atoms with Crippen molar-refractivity contribution in [1.29, 1.82) is 0 Å². The highest BCUT2D eigenvalue weighted by Gasteiger charge is 2.55. The van der Waals surface area contributed by atoms with Gasteiger partial charge in [0.25, 0.3) is 0 Å². The molecule has 0 aromatic heterocycles. The zero-order valence-corrected chi connectivity index (χ0v) is 61.6. The lowest BCUT2D eigenvalue weighted by Gasteiger charge is -2.48. The Kier molecular flexibility index (Phi) is 42.1. The molecule has 3 heterocycles. The van der Waals surface area contributed by atoms with Crippen LogP contribution in [0.5, 0.6) is 0 Å². The summed E-state index contributed by atoms with van der Waals surface area (Å²) in [4.78, 5) is 21.0. The van der Waals surface area contributed by atoms with Crippen LogP contribution in [0.2, 0.25) is 0 Å². The molecule has 3 aliphatic heterocycles. The van der Waals surface area contributed by atoms with Crippen LogP contribution < -0.4 is 0 Å². The summed E-state index contributed by atoms with van der Waals surface area (Å²) in [5.74, 6) is 0. The van der Waals surface area contributed by atoms with Crippen LogP contribution in [0.1, 0.15) is 212 Å². The maximum absolute atomic E-state index is 13.1. The molecule has 12 N–H and O–H groups in total. The third kappa shape index (κ3) is 34.6. The van der Waals surface area contributed by atoms with Crippen molar-refractivity contribution >= 4 is 15.6 Å². The molecule has 0 bridgehead atoms. The number of aliphatic hydroxyl groups excluding tert-OH is 10. The molecule has 3 rings (SSSR count). The van der Waals surface area contributed by atoms with Gasteiger partial charge in [-0.2, -0.15) is 4.31 Å². The summed E-state index contributed by atoms with van der Waals surface area (Å²) in [6.45, 7) is 22.7. The molecule has 3 saturated heterocycles. The zero-order valence-electron chi connectivity index (χ0n) is 59.8. The molecule has 556 valence electrons. The molecule has 0 saturated carbocycles. The first-order valence-corrected chi connectivity index (χ1v) is 37.6. The van der Waals surface area contributed by atoms with Crippen LogP contribution >= 0.6 is 15.6 Å². The number of ether oxygens (including phenoxy) is 5. The molecular weight excluding hydrogens is 1290 g/mol. The van der Waals surface area contributed by atoms with E-state index < -0.39 is 134 Å². The van der Waals surface area contributed by atoms with Gasteiger partial charge in [-0.1, -0.05) is 128 Å². The zero-order chi connectivity index (χ0) is 72.4. The molecule has 3 aliphatic rings. The molecule has 0 amide bonds. The molecule has 0 radical (unpaired) electrons. The molecule has 3 fully saturated rings. The number of aliphatic hydroxyl groups is 10. The summed E-state index contributed by atoms with van der Waals surface area (Å²) in [5, 5.41) is 105. The molecule has 97 heavy (non-hydrogen) atoms. The lowest BCUT2D eigenvalue weighted by molar-refractivity contribution is -0.386. The van der Waals surface area contributed by atoms with Gasteiger partial charge in [0, 0.05) is 0 Å². The number of phosphoric acid groups is 2. The van der Waals surface area contributed by atoms with Crippen LogP contribution in [0.4, 0.5) is 0 Å². The first-order valence-electron chi connectivity index (χ1n) is 34.6. The smallest absolute Gasteiger partial charge is 0.394 e. The second kappa shape index (κ2) is 46.4. The molecule has 0 aromatic rings. The maximum Gasteiger partial charge on any atom is 0.483 e. The fourth-order valence-corrected chi connectivity index (χ4v) is 13.3. The number of phosphoric ester groups is 2. The third-order valence-electron chi connectivity index (χ3n) is 17.6. The number of hydrogen-bond acceptors (Lipinski definition) is 20. The quantitative estimate of drug-likeness (QED) is 0.0199. The van der Waals surface area contributed by atoms with E-state index in [1.54, 1.807) is 6.92 Å².